The van der Waals surface area contributed by atoms with Crippen molar-refractivity contribution in [3.8, 4) is 5.95 Å². The highest BCUT2D eigenvalue weighted by Crippen LogP contribution is 2.29. The molecule has 6 nitrogen and oxygen atoms in total. The van der Waals surface area contributed by atoms with E-state index in [1.54, 1.807) is 4.68 Å². The third kappa shape index (κ3) is 5.09. The van der Waals surface area contributed by atoms with Crippen LogP contribution in [0.15, 0.2) is 36.5 Å². The molecule has 1 aromatic carbocycles. The highest BCUT2D eigenvalue weighted by Gasteiger charge is 2.18. The Kier molecular flexibility index (Phi) is 6.60. The van der Waals surface area contributed by atoms with Crippen molar-refractivity contribution in [1.82, 2.24) is 24.6 Å². The number of anilines is 1. The molecule has 1 fully saturated rings. The summed E-state index contributed by atoms with van der Waals surface area (Å²) in [4.78, 5) is 13.7. The van der Waals surface area contributed by atoms with Gasteiger partial charge in [-0.15, -0.1) is 0 Å². The first kappa shape index (κ1) is 21.8. The van der Waals surface area contributed by atoms with E-state index in [2.05, 4.69) is 37.0 Å². The average Bonchev–Trinajstić information content (AvgIpc) is 3.10. The van der Waals surface area contributed by atoms with E-state index in [1.165, 1.54) is 0 Å². The van der Waals surface area contributed by atoms with Crippen LogP contribution in [0.25, 0.3) is 12.0 Å². The summed E-state index contributed by atoms with van der Waals surface area (Å²) in [6.45, 7) is 10.7. The van der Waals surface area contributed by atoms with Crippen LogP contribution < -0.4 is 4.90 Å². The van der Waals surface area contributed by atoms with E-state index in [-0.39, 0.29) is 0 Å². The fraction of sp³-hybridized carbons (Fsp3) is 0.348. The lowest BCUT2D eigenvalue weighted by Gasteiger charge is -2.36. The molecule has 4 rings (SSSR count). The van der Waals surface area contributed by atoms with Gasteiger partial charge in [0, 0.05) is 54.7 Å². The van der Waals surface area contributed by atoms with Crippen LogP contribution in [0.1, 0.15) is 22.6 Å². The Labute approximate surface area is 193 Å². The third-order valence-electron chi connectivity index (χ3n) is 5.49. The van der Waals surface area contributed by atoms with Gasteiger partial charge in [-0.1, -0.05) is 35.4 Å². The van der Waals surface area contributed by atoms with Crippen molar-refractivity contribution in [2.75, 3.05) is 37.6 Å². The largest absolute Gasteiger partial charge is 0.368 e. The molecule has 0 bridgehead atoms. The van der Waals surface area contributed by atoms with Gasteiger partial charge in [-0.25, -0.2) is 14.6 Å². The Morgan fingerprint density at radius 3 is 2.39 bits per heavy atom. The summed E-state index contributed by atoms with van der Waals surface area (Å²) in [7, 11) is 0. The van der Waals surface area contributed by atoms with Crippen molar-refractivity contribution in [3.05, 3.63) is 69.2 Å². The van der Waals surface area contributed by atoms with E-state index in [0.717, 1.165) is 66.1 Å². The SMILES string of the molecule is Cc1cc(C)nc(-n2ncc(C=CCN3CCN(c4cc(Cl)ccc4Cl)CC3)c2C)n1. The number of benzene rings is 1. The second-order valence-electron chi connectivity index (χ2n) is 7.83. The molecule has 1 aliphatic heterocycles. The second kappa shape index (κ2) is 9.39. The number of hydrogen-bond acceptors (Lipinski definition) is 5. The number of aryl methyl sites for hydroxylation is 2. The first-order valence-corrected chi connectivity index (χ1v) is 11.1. The monoisotopic (exact) mass is 456 g/mol. The third-order valence-corrected chi connectivity index (χ3v) is 6.04. The summed E-state index contributed by atoms with van der Waals surface area (Å²) < 4.78 is 1.80. The zero-order valence-electron chi connectivity index (χ0n) is 18.0. The molecular weight excluding hydrogens is 431 g/mol. The molecule has 0 amide bonds. The Morgan fingerprint density at radius 1 is 0.968 bits per heavy atom. The van der Waals surface area contributed by atoms with Crippen LogP contribution in [0.3, 0.4) is 0 Å². The van der Waals surface area contributed by atoms with E-state index >= 15 is 0 Å². The first-order valence-electron chi connectivity index (χ1n) is 10.4. The van der Waals surface area contributed by atoms with Gasteiger partial charge in [0.15, 0.2) is 0 Å². The minimum absolute atomic E-state index is 0.616. The highest BCUT2D eigenvalue weighted by molar-refractivity contribution is 6.35. The standard InChI is InChI=1S/C23H26Cl2N6/c1-16-13-17(2)28-23(27-16)31-18(3)19(15-26-31)5-4-8-29-9-11-30(12-10-29)22-14-20(24)6-7-21(22)25/h4-7,13-15H,8-12H2,1-3H3. The van der Waals surface area contributed by atoms with Gasteiger partial charge in [0.2, 0.25) is 0 Å². The Bertz CT molecular complexity index is 1080. The lowest BCUT2D eigenvalue weighted by atomic mass is 10.2. The summed E-state index contributed by atoms with van der Waals surface area (Å²) in [5, 5.41) is 5.95. The van der Waals surface area contributed by atoms with Gasteiger partial charge in [-0.05, 0) is 45.0 Å². The molecule has 0 N–H and O–H groups in total. The summed E-state index contributed by atoms with van der Waals surface area (Å²) in [5.41, 5.74) is 5.00. The Morgan fingerprint density at radius 2 is 1.68 bits per heavy atom. The number of hydrogen-bond donors (Lipinski definition) is 0. The van der Waals surface area contributed by atoms with E-state index in [0.29, 0.717) is 11.0 Å². The predicted octanol–water partition coefficient (Wildman–Crippen LogP) is 4.73. The summed E-state index contributed by atoms with van der Waals surface area (Å²) in [6, 6.07) is 7.59. The van der Waals surface area contributed by atoms with Gasteiger partial charge in [0.1, 0.15) is 0 Å². The first-order chi connectivity index (χ1) is 14.9. The fourth-order valence-electron chi connectivity index (χ4n) is 3.82. The fourth-order valence-corrected chi connectivity index (χ4v) is 4.22. The molecule has 1 aliphatic rings. The molecule has 1 saturated heterocycles. The molecule has 3 heterocycles. The van der Waals surface area contributed by atoms with Crippen LogP contribution in [0.2, 0.25) is 10.0 Å². The van der Waals surface area contributed by atoms with Crippen molar-refractivity contribution in [2.45, 2.75) is 20.8 Å². The molecule has 0 atom stereocenters. The quantitative estimate of drug-likeness (QED) is 0.555. The zero-order valence-corrected chi connectivity index (χ0v) is 19.5. The predicted molar refractivity (Wildman–Crippen MR) is 128 cm³/mol. The van der Waals surface area contributed by atoms with E-state index in [9.17, 15) is 0 Å². The maximum absolute atomic E-state index is 6.35. The number of aromatic nitrogens is 4. The van der Waals surface area contributed by atoms with Gasteiger partial charge in [0.05, 0.1) is 22.6 Å². The number of nitrogens with zero attached hydrogens (tertiary/aromatic N) is 6. The Balaban J connectivity index is 1.36. The van der Waals surface area contributed by atoms with Gasteiger partial charge in [-0.3, -0.25) is 4.90 Å². The average molecular weight is 457 g/mol. The molecule has 0 spiro atoms. The van der Waals surface area contributed by atoms with Gasteiger partial charge >= 0.3 is 0 Å². The molecule has 3 aromatic rings. The van der Waals surface area contributed by atoms with Crippen molar-refractivity contribution >= 4 is 35.0 Å². The summed E-state index contributed by atoms with van der Waals surface area (Å²) >= 11 is 12.5. The van der Waals surface area contributed by atoms with Crippen molar-refractivity contribution in [3.63, 3.8) is 0 Å². The molecule has 0 radical (unpaired) electrons. The normalized spacial score (nSPS) is 15.2. The van der Waals surface area contributed by atoms with E-state index in [4.69, 9.17) is 23.2 Å². The number of halogens is 2. The molecule has 31 heavy (non-hydrogen) atoms. The molecule has 0 unspecified atom stereocenters. The second-order valence-corrected chi connectivity index (χ2v) is 8.68. The van der Waals surface area contributed by atoms with Gasteiger partial charge < -0.3 is 4.90 Å². The summed E-state index contributed by atoms with van der Waals surface area (Å²) in [5.74, 6) is 0.616. The molecule has 8 heteroatoms. The van der Waals surface area contributed by atoms with Crippen LogP contribution in [-0.4, -0.2) is 57.4 Å². The van der Waals surface area contributed by atoms with Crippen molar-refractivity contribution in [1.29, 1.82) is 0 Å². The van der Waals surface area contributed by atoms with Gasteiger partial charge in [0.25, 0.3) is 5.95 Å². The van der Waals surface area contributed by atoms with Gasteiger partial charge in [-0.2, -0.15) is 5.10 Å². The molecular formula is C23H26Cl2N6. The Hall–Kier alpha value is -2.41. The molecule has 0 saturated carbocycles. The van der Waals surface area contributed by atoms with Crippen molar-refractivity contribution in [2.24, 2.45) is 0 Å². The summed E-state index contributed by atoms with van der Waals surface area (Å²) in [6.07, 6.45) is 6.19. The van der Waals surface area contributed by atoms with Crippen molar-refractivity contribution < 1.29 is 0 Å². The highest BCUT2D eigenvalue weighted by atomic mass is 35.5. The minimum atomic E-state index is 0.616. The zero-order chi connectivity index (χ0) is 22.0. The lowest BCUT2D eigenvalue weighted by Crippen LogP contribution is -2.46. The number of piperazine rings is 1. The van der Waals surface area contributed by atoms with Crippen LogP contribution in [-0.2, 0) is 0 Å². The topological polar surface area (TPSA) is 50.1 Å². The molecule has 2 aromatic heterocycles. The van der Waals surface area contributed by atoms with Crippen LogP contribution in [0, 0.1) is 20.8 Å². The smallest absolute Gasteiger partial charge is 0.251 e. The maximum atomic E-state index is 6.35. The minimum Gasteiger partial charge on any atom is -0.368 e. The van der Waals surface area contributed by atoms with E-state index in [1.807, 2.05) is 51.2 Å². The van der Waals surface area contributed by atoms with E-state index < -0.39 is 0 Å². The maximum Gasteiger partial charge on any atom is 0.251 e. The molecule has 0 aliphatic carbocycles. The molecule has 162 valence electrons. The number of rotatable bonds is 5. The van der Waals surface area contributed by atoms with Crippen LogP contribution >= 0.6 is 23.2 Å². The lowest BCUT2D eigenvalue weighted by molar-refractivity contribution is 0.284. The van der Waals surface area contributed by atoms with Crippen LogP contribution in [0.5, 0.6) is 0 Å². The van der Waals surface area contributed by atoms with Crippen LogP contribution in [0.4, 0.5) is 5.69 Å².